The highest BCUT2D eigenvalue weighted by Gasteiger charge is 2.46. The quantitative estimate of drug-likeness (QED) is 0.552. The van der Waals surface area contributed by atoms with E-state index < -0.39 is 0 Å². The van der Waals surface area contributed by atoms with E-state index >= 15 is 0 Å². The largest absolute Gasteiger partial charge is 0.0625 e. The summed E-state index contributed by atoms with van der Waals surface area (Å²) in [6, 6.07) is 0. The van der Waals surface area contributed by atoms with Crippen LogP contribution in [0.5, 0.6) is 0 Å². The molecule has 1 aliphatic rings. The lowest BCUT2D eigenvalue weighted by Crippen LogP contribution is -2.07. The lowest BCUT2D eigenvalue weighted by Gasteiger charge is -2.14. The molecule has 0 bridgehead atoms. The maximum absolute atomic E-state index is 2.40. The zero-order chi connectivity index (χ0) is 7.89. The standard InChI is InChI=1S/C10H20/c1-6(2)7(3)10-8(4)9(10)5/h6-10H,1-5H3. The van der Waals surface area contributed by atoms with E-state index in [9.17, 15) is 0 Å². The van der Waals surface area contributed by atoms with Gasteiger partial charge in [-0.3, -0.25) is 0 Å². The van der Waals surface area contributed by atoms with E-state index in [2.05, 4.69) is 34.6 Å². The summed E-state index contributed by atoms with van der Waals surface area (Å²) in [6.45, 7) is 11.8. The normalized spacial score (nSPS) is 42.0. The Morgan fingerprint density at radius 1 is 0.900 bits per heavy atom. The Hall–Kier alpha value is 0. The van der Waals surface area contributed by atoms with Gasteiger partial charge in [-0.2, -0.15) is 0 Å². The van der Waals surface area contributed by atoms with Crippen molar-refractivity contribution in [2.75, 3.05) is 0 Å². The summed E-state index contributed by atoms with van der Waals surface area (Å²) in [5.74, 6) is 4.83. The first kappa shape index (κ1) is 8.10. The van der Waals surface area contributed by atoms with Crippen molar-refractivity contribution in [2.24, 2.45) is 29.6 Å². The smallest absolute Gasteiger partial charge is 0.0329 e. The van der Waals surface area contributed by atoms with Crippen LogP contribution in [0.25, 0.3) is 0 Å². The fourth-order valence-corrected chi connectivity index (χ4v) is 2.10. The molecule has 0 nitrogen and oxygen atoms in total. The minimum Gasteiger partial charge on any atom is -0.0625 e. The first-order valence-corrected chi connectivity index (χ1v) is 4.55. The summed E-state index contributed by atoms with van der Waals surface area (Å²) in [7, 11) is 0. The van der Waals surface area contributed by atoms with Gasteiger partial charge in [-0.1, -0.05) is 34.6 Å². The van der Waals surface area contributed by atoms with Gasteiger partial charge in [0.1, 0.15) is 0 Å². The summed E-state index contributed by atoms with van der Waals surface area (Å²) < 4.78 is 0. The van der Waals surface area contributed by atoms with Gasteiger partial charge in [-0.15, -0.1) is 0 Å². The molecule has 0 amide bonds. The summed E-state index contributed by atoms with van der Waals surface area (Å²) in [6.07, 6.45) is 0. The van der Waals surface area contributed by atoms with E-state index in [4.69, 9.17) is 0 Å². The summed E-state index contributed by atoms with van der Waals surface area (Å²) in [5, 5.41) is 0. The molecule has 60 valence electrons. The molecule has 0 radical (unpaired) electrons. The number of hydrogen-bond acceptors (Lipinski definition) is 0. The molecule has 1 fully saturated rings. The van der Waals surface area contributed by atoms with Crippen LogP contribution >= 0.6 is 0 Å². The van der Waals surface area contributed by atoms with Gasteiger partial charge < -0.3 is 0 Å². The molecule has 0 N–H and O–H groups in total. The second-order valence-electron chi connectivity index (χ2n) is 4.40. The van der Waals surface area contributed by atoms with E-state index in [0.29, 0.717) is 0 Å². The maximum atomic E-state index is 2.40. The van der Waals surface area contributed by atoms with Crippen LogP contribution in [-0.4, -0.2) is 0 Å². The monoisotopic (exact) mass is 140 g/mol. The molecule has 0 aliphatic heterocycles. The molecule has 3 unspecified atom stereocenters. The molecule has 0 aromatic heterocycles. The van der Waals surface area contributed by atoms with Crippen LogP contribution in [0.3, 0.4) is 0 Å². The van der Waals surface area contributed by atoms with Crippen molar-refractivity contribution in [2.45, 2.75) is 34.6 Å². The SMILES string of the molecule is CC(C)C(C)C1C(C)C1C. The van der Waals surface area contributed by atoms with Crippen molar-refractivity contribution in [3.05, 3.63) is 0 Å². The average Bonchev–Trinajstić information content (AvgIpc) is 2.40. The molecule has 1 saturated carbocycles. The molecule has 0 heteroatoms. The van der Waals surface area contributed by atoms with Gasteiger partial charge in [-0.25, -0.2) is 0 Å². The first-order valence-electron chi connectivity index (χ1n) is 4.55. The molecular formula is C10H20. The van der Waals surface area contributed by atoms with E-state index in [1.54, 1.807) is 0 Å². The Bertz CT molecular complexity index is 100. The fourth-order valence-electron chi connectivity index (χ4n) is 2.10. The van der Waals surface area contributed by atoms with Crippen molar-refractivity contribution in [1.29, 1.82) is 0 Å². The van der Waals surface area contributed by atoms with Gasteiger partial charge in [0, 0.05) is 0 Å². The van der Waals surface area contributed by atoms with E-state index in [0.717, 1.165) is 29.6 Å². The molecule has 0 aromatic carbocycles. The predicted molar refractivity (Wildman–Crippen MR) is 45.8 cm³/mol. The highest BCUT2D eigenvalue weighted by molar-refractivity contribution is 4.94. The zero-order valence-corrected chi connectivity index (χ0v) is 7.89. The Morgan fingerprint density at radius 2 is 1.30 bits per heavy atom. The molecule has 1 rings (SSSR count). The summed E-state index contributed by atoms with van der Waals surface area (Å²) >= 11 is 0. The fraction of sp³-hybridized carbons (Fsp3) is 1.00. The van der Waals surface area contributed by atoms with Crippen LogP contribution in [0.4, 0.5) is 0 Å². The topological polar surface area (TPSA) is 0 Å². The minimum absolute atomic E-state index is 0.873. The molecule has 10 heavy (non-hydrogen) atoms. The van der Waals surface area contributed by atoms with Crippen molar-refractivity contribution >= 4 is 0 Å². The summed E-state index contributed by atoms with van der Waals surface area (Å²) in [5.41, 5.74) is 0. The zero-order valence-electron chi connectivity index (χ0n) is 7.89. The third-order valence-electron chi connectivity index (χ3n) is 3.56. The van der Waals surface area contributed by atoms with Gasteiger partial charge in [0.2, 0.25) is 0 Å². The van der Waals surface area contributed by atoms with Crippen molar-refractivity contribution < 1.29 is 0 Å². The number of hydrogen-bond donors (Lipinski definition) is 0. The highest BCUT2D eigenvalue weighted by atomic mass is 14.5. The lowest BCUT2D eigenvalue weighted by molar-refractivity contribution is 0.349. The Labute approximate surface area is 65.0 Å². The molecule has 1 aliphatic carbocycles. The van der Waals surface area contributed by atoms with E-state index in [1.807, 2.05) is 0 Å². The van der Waals surface area contributed by atoms with E-state index in [-0.39, 0.29) is 0 Å². The highest BCUT2D eigenvalue weighted by Crippen LogP contribution is 2.51. The third-order valence-corrected chi connectivity index (χ3v) is 3.56. The van der Waals surface area contributed by atoms with Gasteiger partial charge in [0.05, 0.1) is 0 Å². The predicted octanol–water partition coefficient (Wildman–Crippen LogP) is 3.18. The molecule has 0 saturated heterocycles. The Balaban J connectivity index is 2.38. The van der Waals surface area contributed by atoms with Crippen LogP contribution in [0.15, 0.2) is 0 Å². The van der Waals surface area contributed by atoms with Gasteiger partial charge in [0.25, 0.3) is 0 Å². The van der Waals surface area contributed by atoms with Crippen molar-refractivity contribution in [3.8, 4) is 0 Å². The lowest BCUT2D eigenvalue weighted by atomic mass is 9.91. The molecular weight excluding hydrogens is 120 g/mol. The second kappa shape index (κ2) is 2.56. The first-order chi connectivity index (χ1) is 4.55. The second-order valence-corrected chi connectivity index (χ2v) is 4.40. The van der Waals surface area contributed by atoms with Gasteiger partial charge >= 0.3 is 0 Å². The minimum atomic E-state index is 0.873. The summed E-state index contributed by atoms with van der Waals surface area (Å²) in [4.78, 5) is 0. The maximum Gasteiger partial charge on any atom is -0.0329 e. The van der Waals surface area contributed by atoms with Crippen LogP contribution in [0.1, 0.15) is 34.6 Å². The van der Waals surface area contributed by atoms with Crippen LogP contribution in [-0.2, 0) is 0 Å². The molecule has 3 atom stereocenters. The Morgan fingerprint density at radius 3 is 1.40 bits per heavy atom. The molecule has 0 spiro atoms. The van der Waals surface area contributed by atoms with Crippen LogP contribution < -0.4 is 0 Å². The third kappa shape index (κ3) is 1.21. The van der Waals surface area contributed by atoms with Crippen LogP contribution in [0, 0.1) is 29.6 Å². The van der Waals surface area contributed by atoms with Gasteiger partial charge in [-0.05, 0) is 29.6 Å². The Kier molecular flexibility index (Phi) is 2.07. The number of rotatable bonds is 2. The van der Waals surface area contributed by atoms with Crippen molar-refractivity contribution in [1.82, 2.24) is 0 Å². The van der Waals surface area contributed by atoms with E-state index in [1.165, 1.54) is 0 Å². The van der Waals surface area contributed by atoms with Gasteiger partial charge in [0.15, 0.2) is 0 Å². The van der Waals surface area contributed by atoms with Crippen molar-refractivity contribution in [3.63, 3.8) is 0 Å². The molecule has 0 heterocycles. The molecule has 0 aromatic rings. The average molecular weight is 140 g/mol. The van der Waals surface area contributed by atoms with Crippen LogP contribution in [0.2, 0.25) is 0 Å².